The first-order chi connectivity index (χ1) is 23.8. The Morgan fingerprint density at radius 2 is 1.15 bits per heavy atom. The highest BCUT2D eigenvalue weighted by Crippen LogP contribution is 2.38. The van der Waals surface area contributed by atoms with Crippen LogP contribution in [-0.2, 0) is 0 Å². The van der Waals surface area contributed by atoms with Crippen LogP contribution >= 0.6 is 0 Å². The first-order valence-electron chi connectivity index (χ1n) is 16.1. The molecule has 0 radical (unpaired) electrons. The largest absolute Gasteiger partial charge is 0.254 e. The molecule has 0 aliphatic carbocycles. The fraction of sp³-hybridized carbons (Fsp3) is 0. The van der Waals surface area contributed by atoms with Gasteiger partial charge in [0, 0.05) is 55.8 Å². The minimum Gasteiger partial charge on any atom is -0.254 e. The monoisotopic (exact) mass is 610 g/mol. The summed E-state index contributed by atoms with van der Waals surface area (Å²) < 4.78 is 0. The summed E-state index contributed by atoms with van der Waals surface area (Å²) in [7, 11) is 0. The lowest BCUT2D eigenvalue weighted by Gasteiger charge is -2.13. The molecule has 10 aromatic rings. The lowest BCUT2D eigenvalue weighted by Crippen LogP contribution is -1.92. The van der Waals surface area contributed by atoms with Crippen molar-refractivity contribution in [2.45, 2.75) is 0 Å². The Bertz CT molecular complexity index is 2890. The molecular weight excluding hydrogens is 585 g/mol. The molecule has 0 spiro atoms. The molecule has 10 rings (SSSR count). The van der Waals surface area contributed by atoms with Crippen molar-refractivity contribution in [2.24, 2.45) is 0 Å². The van der Waals surface area contributed by atoms with Crippen LogP contribution in [0.5, 0.6) is 0 Å². The van der Waals surface area contributed by atoms with Crippen molar-refractivity contribution in [1.82, 2.24) is 19.9 Å². The average molecular weight is 611 g/mol. The van der Waals surface area contributed by atoms with Gasteiger partial charge in [-0.1, -0.05) is 97.1 Å². The number of rotatable bonds is 3. The van der Waals surface area contributed by atoms with Crippen LogP contribution in [0.1, 0.15) is 0 Å². The van der Waals surface area contributed by atoms with E-state index in [9.17, 15) is 0 Å². The summed E-state index contributed by atoms with van der Waals surface area (Å²) in [5.41, 5.74) is 10.1. The van der Waals surface area contributed by atoms with E-state index >= 15 is 0 Å². The normalized spacial score (nSPS) is 11.8. The van der Waals surface area contributed by atoms with Gasteiger partial charge in [-0.2, -0.15) is 0 Å². The first kappa shape index (κ1) is 26.7. The summed E-state index contributed by atoms with van der Waals surface area (Å²) >= 11 is 0. The summed E-state index contributed by atoms with van der Waals surface area (Å²) in [6, 6.07) is 51.3. The number of hydrogen-bond donors (Lipinski definition) is 0. The second-order valence-corrected chi connectivity index (χ2v) is 12.3. The standard InChI is InChI=1S/C44H26N4/c1-2-12-33-27(8-1)16-19-36-41(33)35-13-3-4-15-40(35)48-42(36)31-10-5-9-29(25-31)38-21-18-30-24-28(17-20-39(30)47-38)37-26-32-11-6-22-45-43(32)44-34(37)14-7-23-46-44/h1-26H. The van der Waals surface area contributed by atoms with Crippen molar-refractivity contribution in [1.29, 1.82) is 0 Å². The molecule has 0 fully saturated rings. The number of hydrogen-bond acceptors (Lipinski definition) is 4. The van der Waals surface area contributed by atoms with E-state index in [1.54, 1.807) is 0 Å². The van der Waals surface area contributed by atoms with E-state index in [-0.39, 0.29) is 0 Å². The van der Waals surface area contributed by atoms with E-state index in [1.165, 1.54) is 21.5 Å². The number of aromatic nitrogens is 4. The number of benzene rings is 6. The van der Waals surface area contributed by atoms with Crippen LogP contribution < -0.4 is 0 Å². The SMILES string of the molecule is c1cc(-c2ccc3cc(-c4cc5cccnc5c5ncccc45)ccc3n2)cc(-c2nc3ccccc3c3c2ccc2ccccc23)c1. The third kappa shape index (κ3) is 4.16. The highest BCUT2D eigenvalue weighted by molar-refractivity contribution is 6.22. The molecular formula is C44H26N4. The van der Waals surface area contributed by atoms with E-state index in [0.29, 0.717) is 0 Å². The van der Waals surface area contributed by atoms with E-state index in [2.05, 4.69) is 138 Å². The van der Waals surface area contributed by atoms with Gasteiger partial charge >= 0.3 is 0 Å². The second kappa shape index (κ2) is 10.5. The summed E-state index contributed by atoms with van der Waals surface area (Å²) in [6.07, 6.45) is 3.66. The topological polar surface area (TPSA) is 51.6 Å². The van der Waals surface area contributed by atoms with Crippen molar-refractivity contribution in [3.05, 3.63) is 158 Å². The van der Waals surface area contributed by atoms with Gasteiger partial charge in [0.05, 0.1) is 33.5 Å². The molecule has 0 unspecified atom stereocenters. The van der Waals surface area contributed by atoms with Crippen LogP contribution in [0.4, 0.5) is 0 Å². The minimum absolute atomic E-state index is 0.918. The molecule has 0 amide bonds. The predicted molar refractivity (Wildman–Crippen MR) is 199 cm³/mol. The van der Waals surface area contributed by atoms with Crippen LogP contribution in [0.3, 0.4) is 0 Å². The molecule has 0 saturated heterocycles. The third-order valence-electron chi connectivity index (χ3n) is 9.48. The van der Waals surface area contributed by atoms with Gasteiger partial charge < -0.3 is 0 Å². The molecule has 0 aliphatic rings. The molecule has 0 N–H and O–H groups in total. The molecule has 4 heterocycles. The van der Waals surface area contributed by atoms with Crippen LogP contribution in [0.2, 0.25) is 0 Å². The van der Waals surface area contributed by atoms with E-state index < -0.39 is 0 Å². The maximum atomic E-state index is 5.22. The van der Waals surface area contributed by atoms with Crippen LogP contribution in [0.15, 0.2) is 158 Å². The highest BCUT2D eigenvalue weighted by Gasteiger charge is 2.15. The fourth-order valence-corrected chi connectivity index (χ4v) is 7.24. The van der Waals surface area contributed by atoms with Gasteiger partial charge in [-0.25, -0.2) is 9.97 Å². The lowest BCUT2D eigenvalue weighted by molar-refractivity contribution is 1.37. The maximum Gasteiger partial charge on any atom is 0.0970 e. The van der Waals surface area contributed by atoms with Gasteiger partial charge in [0.25, 0.3) is 0 Å². The van der Waals surface area contributed by atoms with Crippen LogP contribution in [-0.4, -0.2) is 19.9 Å². The van der Waals surface area contributed by atoms with Gasteiger partial charge in [0.1, 0.15) is 0 Å². The molecule has 4 aromatic heterocycles. The number of fused-ring (bicyclic) bond motifs is 9. The zero-order valence-electron chi connectivity index (χ0n) is 25.8. The molecule has 48 heavy (non-hydrogen) atoms. The van der Waals surface area contributed by atoms with E-state index in [0.717, 1.165) is 77.3 Å². The summed E-state index contributed by atoms with van der Waals surface area (Å²) in [5, 5.41) is 9.29. The quantitative estimate of drug-likeness (QED) is 0.187. The lowest BCUT2D eigenvalue weighted by atomic mass is 9.94. The van der Waals surface area contributed by atoms with Gasteiger partial charge in [0.2, 0.25) is 0 Å². The van der Waals surface area contributed by atoms with Crippen molar-refractivity contribution >= 4 is 65.2 Å². The van der Waals surface area contributed by atoms with E-state index in [4.69, 9.17) is 15.0 Å². The fourth-order valence-electron chi connectivity index (χ4n) is 7.24. The van der Waals surface area contributed by atoms with E-state index in [1.807, 2.05) is 24.5 Å². The van der Waals surface area contributed by atoms with Crippen molar-refractivity contribution in [2.75, 3.05) is 0 Å². The molecule has 0 atom stereocenters. The number of para-hydroxylation sites is 1. The molecule has 0 bridgehead atoms. The highest BCUT2D eigenvalue weighted by atomic mass is 14.7. The summed E-state index contributed by atoms with van der Waals surface area (Å²) in [6.45, 7) is 0. The first-order valence-corrected chi connectivity index (χ1v) is 16.1. The van der Waals surface area contributed by atoms with Gasteiger partial charge in [-0.15, -0.1) is 0 Å². The smallest absolute Gasteiger partial charge is 0.0970 e. The average Bonchev–Trinajstić information content (AvgIpc) is 3.16. The number of nitrogens with zero attached hydrogens (tertiary/aromatic N) is 4. The van der Waals surface area contributed by atoms with Crippen molar-refractivity contribution in [3.63, 3.8) is 0 Å². The number of pyridine rings is 4. The molecule has 222 valence electrons. The minimum atomic E-state index is 0.918. The molecule has 0 saturated carbocycles. The molecule has 4 nitrogen and oxygen atoms in total. The Kier molecular flexibility index (Phi) is 5.84. The summed E-state index contributed by atoms with van der Waals surface area (Å²) in [4.78, 5) is 19.7. The Hall–Kier alpha value is -6.52. The van der Waals surface area contributed by atoms with Gasteiger partial charge in [0.15, 0.2) is 0 Å². The third-order valence-corrected chi connectivity index (χ3v) is 9.48. The molecule has 6 aromatic carbocycles. The van der Waals surface area contributed by atoms with Crippen molar-refractivity contribution in [3.8, 4) is 33.6 Å². The second-order valence-electron chi connectivity index (χ2n) is 12.3. The summed E-state index contributed by atoms with van der Waals surface area (Å²) in [5.74, 6) is 0. The Morgan fingerprint density at radius 3 is 2.10 bits per heavy atom. The van der Waals surface area contributed by atoms with Crippen LogP contribution in [0.25, 0.3) is 98.8 Å². The molecule has 0 aliphatic heterocycles. The Balaban J connectivity index is 1.09. The Labute approximate surface area is 276 Å². The predicted octanol–water partition coefficient (Wildman–Crippen LogP) is 11.2. The maximum absolute atomic E-state index is 5.22. The van der Waals surface area contributed by atoms with Gasteiger partial charge in [-0.05, 0) is 70.4 Å². The zero-order valence-corrected chi connectivity index (χ0v) is 25.8. The zero-order chi connectivity index (χ0) is 31.6. The molecule has 4 heteroatoms. The Morgan fingerprint density at radius 1 is 0.375 bits per heavy atom. The van der Waals surface area contributed by atoms with Gasteiger partial charge in [-0.3, -0.25) is 9.97 Å². The van der Waals surface area contributed by atoms with Crippen molar-refractivity contribution < 1.29 is 0 Å². The van der Waals surface area contributed by atoms with Crippen LogP contribution in [0, 0.1) is 0 Å².